The van der Waals surface area contributed by atoms with Gasteiger partial charge in [-0.3, -0.25) is 0 Å². The van der Waals surface area contributed by atoms with Crippen molar-refractivity contribution in [3.8, 4) is 17.1 Å². The van der Waals surface area contributed by atoms with E-state index in [0.29, 0.717) is 43.6 Å². The molecule has 33 heavy (non-hydrogen) atoms. The first kappa shape index (κ1) is 22.9. The number of ether oxygens (including phenoxy) is 1. The van der Waals surface area contributed by atoms with Crippen LogP contribution in [0.25, 0.3) is 11.4 Å². The highest BCUT2D eigenvalue weighted by atomic mass is 35.5. The topological polar surface area (TPSA) is 70.6 Å². The number of amides is 2. The fourth-order valence-electron chi connectivity index (χ4n) is 3.77. The molecule has 3 aromatic rings. The highest BCUT2D eigenvalue weighted by Gasteiger charge is 2.24. The maximum atomic E-state index is 12.7. The molecule has 7 nitrogen and oxygen atoms in total. The van der Waals surface area contributed by atoms with Gasteiger partial charge in [-0.1, -0.05) is 11.6 Å². The molecule has 8 heteroatoms. The second-order valence-corrected chi connectivity index (χ2v) is 8.39. The van der Waals surface area contributed by atoms with Gasteiger partial charge in [-0.15, -0.1) is 0 Å². The average Bonchev–Trinajstić information content (AvgIpc) is 2.83. The van der Waals surface area contributed by atoms with Crippen molar-refractivity contribution < 1.29 is 9.53 Å². The maximum absolute atomic E-state index is 12.7. The van der Waals surface area contributed by atoms with Crippen LogP contribution in [-0.4, -0.2) is 53.7 Å². The SMILES string of the molecule is CCOc1ccc(NC(=O)N2CCN(c3nc(-c4ccc(Cl)cc4)nc(C)c3C)CC2)cc1. The molecule has 2 heterocycles. The van der Waals surface area contributed by atoms with Gasteiger partial charge >= 0.3 is 6.03 Å². The minimum atomic E-state index is -0.101. The van der Waals surface area contributed by atoms with E-state index in [2.05, 4.69) is 15.2 Å². The number of anilines is 2. The Kier molecular flexibility index (Phi) is 6.99. The van der Waals surface area contributed by atoms with Crippen molar-refractivity contribution in [2.45, 2.75) is 20.8 Å². The van der Waals surface area contributed by atoms with Crippen LogP contribution in [0.2, 0.25) is 5.02 Å². The van der Waals surface area contributed by atoms with Crippen LogP contribution < -0.4 is 15.0 Å². The Bertz CT molecular complexity index is 1110. The number of aromatic nitrogens is 2. The molecular weight excluding hydrogens is 438 g/mol. The van der Waals surface area contributed by atoms with Gasteiger partial charge in [-0.25, -0.2) is 14.8 Å². The predicted octanol–water partition coefficient (Wildman–Crippen LogP) is 5.17. The van der Waals surface area contributed by atoms with Crippen molar-refractivity contribution in [3.05, 3.63) is 64.8 Å². The number of nitrogens with zero attached hydrogens (tertiary/aromatic N) is 4. The molecule has 1 aromatic heterocycles. The smallest absolute Gasteiger partial charge is 0.321 e. The van der Waals surface area contributed by atoms with Gasteiger partial charge in [0.15, 0.2) is 5.82 Å². The van der Waals surface area contributed by atoms with E-state index >= 15 is 0 Å². The number of carbonyl (C=O) groups excluding carboxylic acids is 1. The number of piperazine rings is 1. The molecule has 1 saturated heterocycles. The molecular formula is C25H28ClN5O2. The summed E-state index contributed by atoms with van der Waals surface area (Å²) in [6, 6.07) is 14.9. The van der Waals surface area contributed by atoms with Crippen LogP contribution in [-0.2, 0) is 0 Å². The average molecular weight is 466 g/mol. The summed E-state index contributed by atoms with van der Waals surface area (Å²) in [5.41, 5.74) is 3.68. The van der Waals surface area contributed by atoms with Gasteiger partial charge in [-0.2, -0.15) is 0 Å². The summed E-state index contributed by atoms with van der Waals surface area (Å²) in [6.45, 7) is 9.23. The van der Waals surface area contributed by atoms with Gasteiger partial charge in [0.2, 0.25) is 0 Å². The number of benzene rings is 2. The van der Waals surface area contributed by atoms with Gasteiger partial charge in [0.1, 0.15) is 11.6 Å². The lowest BCUT2D eigenvalue weighted by Gasteiger charge is -2.36. The van der Waals surface area contributed by atoms with Crippen LogP contribution in [0.1, 0.15) is 18.2 Å². The van der Waals surface area contributed by atoms with Crippen molar-refractivity contribution in [3.63, 3.8) is 0 Å². The first-order valence-corrected chi connectivity index (χ1v) is 11.5. The van der Waals surface area contributed by atoms with E-state index in [1.165, 1.54) is 0 Å². The molecule has 1 aliphatic heterocycles. The molecule has 0 bridgehead atoms. The van der Waals surface area contributed by atoms with E-state index in [1.807, 2.05) is 74.2 Å². The monoisotopic (exact) mass is 465 g/mol. The van der Waals surface area contributed by atoms with E-state index in [-0.39, 0.29) is 6.03 Å². The zero-order valence-electron chi connectivity index (χ0n) is 19.1. The predicted molar refractivity (Wildman–Crippen MR) is 132 cm³/mol. The Morgan fingerprint density at radius 1 is 1.00 bits per heavy atom. The third-order valence-corrected chi connectivity index (χ3v) is 6.00. The lowest BCUT2D eigenvalue weighted by Crippen LogP contribution is -2.50. The Balaban J connectivity index is 1.42. The molecule has 1 aliphatic rings. The first-order chi connectivity index (χ1) is 15.9. The van der Waals surface area contributed by atoms with Gasteiger partial charge in [0.05, 0.1) is 6.61 Å². The lowest BCUT2D eigenvalue weighted by molar-refractivity contribution is 0.208. The van der Waals surface area contributed by atoms with Crippen molar-refractivity contribution >= 4 is 29.1 Å². The van der Waals surface area contributed by atoms with Crippen LogP contribution in [0.3, 0.4) is 0 Å². The minimum Gasteiger partial charge on any atom is -0.494 e. The summed E-state index contributed by atoms with van der Waals surface area (Å²) in [5, 5.41) is 3.65. The molecule has 1 N–H and O–H groups in total. The van der Waals surface area contributed by atoms with Crippen molar-refractivity contribution in [2.75, 3.05) is 43.0 Å². The number of carbonyl (C=O) groups is 1. The summed E-state index contributed by atoms with van der Waals surface area (Å²) < 4.78 is 5.45. The van der Waals surface area contributed by atoms with E-state index in [4.69, 9.17) is 21.3 Å². The number of urea groups is 1. The molecule has 0 radical (unpaired) electrons. The number of nitrogens with one attached hydrogen (secondary N) is 1. The number of hydrogen-bond donors (Lipinski definition) is 1. The van der Waals surface area contributed by atoms with E-state index in [1.54, 1.807) is 0 Å². The van der Waals surface area contributed by atoms with E-state index < -0.39 is 0 Å². The minimum absolute atomic E-state index is 0.101. The van der Waals surface area contributed by atoms with Gasteiger partial charge in [-0.05, 0) is 69.3 Å². The van der Waals surface area contributed by atoms with E-state index in [0.717, 1.165) is 34.1 Å². The Labute approximate surface area is 199 Å². The second kappa shape index (κ2) is 10.1. The normalized spacial score (nSPS) is 13.7. The maximum Gasteiger partial charge on any atom is 0.321 e. The third kappa shape index (κ3) is 5.37. The molecule has 0 spiro atoms. The summed E-state index contributed by atoms with van der Waals surface area (Å²) in [7, 11) is 0. The summed E-state index contributed by atoms with van der Waals surface area (Å²) in [6.07, 6.45) is 0. The molecule has 0 aliphatic carbocycles. The van der Waals surface area contributed by atoms with Gasteiger partial charge < -0.3 is 19.9 Å². The Hall–Kier alpha value is -3.32. The van der Waals surface area contributed by atoms with E-state index in [9.17, 15) is 4.79 Å². The number of rotatable bonds is 5. The molecule has 0 unspecified atom stereocenters. The van der Waals surface area contributed by atoms with Crippen LogP contribution in [0.5, 0.6) is 5.75 Å². The lowest BCUT2D eigenvalue weighted by atomic mass is 10.1. The fourth-order valence-corrected chi connectivity index (χ4v) is 3.90. The molecule has 0 saturated carbocycles. The molecule has 2 aromatic carbocycles. The van der Waals surface area contributed by atoms with Crippen molar-refractivity contribution in [1.29, 1.82) is 0 Å². The van der Waals surface area contributed by atoms with Crippen LogP contribution in [0.15, 0.2) is 48.5 Å². The molecule has 4 rings (SSSR count). The number of halogens is 1. The van der Waals surface area contributed by atoms with Crippen molar-refractivity contribution in [2.24, 2.45) is 0 Å². The molecule has 0 atom stereocenters. The van der Waals surface area contributed by atoms with Gasteiger partial charge in [0.25, 0.3) is 0 Å². The van der Waals surface area contributed by atoms with Crippen molar-refractivity contribution in [1.82, 2.24) is 14.9 Å². The Morgan fingerprint density at radius 2 is 1.67 bits per heavy atom. The summed E-state index contributed by atoms with van der Waals surface area (Å²) in [4.78, 5) is 26.3. The zero-order valence-corrected chi connectivity index (χ0v) is 19.9. The number of aryl methyl sites for hydroxylation is 1. The highest BCUT2D eigenvalue weighted by Crippen LogP contribution is 2.26. The molecule has 172 valence electrons. The number of hydrogen-bond acceptors (Lipinski definition) is 5. The van der Waals surface area contributed by atoms with Crippen LogP contribution in [0.4, 0.5) is 16.3 Å². The first-order valence-electron chi connectivity index (χ1n) is 11.1. The quantitative estimate of drug-likeness (QED) is 0.563. The second-order valence-electron chi connectivity index (χ2n) is 7.95. The third-order valence-electron chi connectivity index (χ3n) is 5.75. The molecule has 1 fully saturated rings. The van der Waals surface area contributed by atoms with Crippen LogP contribution >= 0.6 is 11.6 Å². The fraction of sp³-hybridized carbons (Fsp3) is 0.320. The Morgan fingerprint density at radius 3 is 2.30 bits per heavy atom. The molecule has 2 amide bonds. The standard InChI is InChI=1S/C25H28ClN5O2/c1-4-33-22-11-9-21(10-12-22)28-25(32)31-15-13-30(14-16-31)24-17(2)18(3)27-23(29-24)19-5-7-20(26)8-6-19/h5-12H,4,13-16H2,1-3H3,(H,28,32). The zero-order chi connectivity index (χ0) is 23.4. The van der Waals surface area contributed by atoms with Gasteiger partial charge in [0, 0.05) is 53.7 Å². The van der Waals surface area contributed by atoms with Crippen LogP contribution in [0, 0.1) is 13.8 Å². The highest BCUT2D eigenvalue weighted by molar-refractivity contribution is 6.30. The largest absolute Gasteiger partial charge is 0.494 e. The summed E-state index contributed by atoms with van der Waals surface area (Å²) in [5.74, 6) is 2.39. The summed E-state index contributed by atoms with van der Waals surface area (Å²) >= 11 is 6.03.